The fourth-order valence-electron chi connectivity index (χ4n) is 4.96. The van der Waals surface area contributed by atoms with Crippen molar-refractivity contribution < 1.29 is 22.4 Å². The van der Waals surface area contributed by atoms with Gasteiger partial charge in [0.15, 0.2) is 11.2 Å². The smallest absolute Gasteiger partial charge is 0.271 e. The quantitative estimate of drug-likeness (QED) is 0.156. The van der Waals surface area contributed by atoms with Gasteiger partial charge < -0.3 is 9.15 Å². The van der Waals surface area contributed by atoms with Gasteiger partial charge in [0, 0.05) is 24.0 Å². The van der Waals surface area contributed by atoms with Crippen molar-refractivity contribution in [1.82, 2.24) is 29.3 Å². The Labute approximate surface area is 255 Å². The summed E-state index contributed by atoms with van der Waals surface area (Å²) in [5, 5.41) is 10.9. The summed E-state index contributed by atoms with van der Waals surface area (Å²) in [6, 6.07) is 21.2. The van der Waals surface area contributed by atoms with E-state index in [2.05, 4.69) is 20.6 Å². The molecule has 4 heterocycles. The van der Waals surface area contributed by atoms with Crippen LogP contribution in [0.3, 0.4) is 0 Å². The average Bonchev–Trinajstić information content (AvgIpc) is 3.61. The van der Waals surface area contributed by atoms with Crippen LogP contribution in [0.15, 0.2) is 97.5 Å². The fraction of sp³-hybridized carbons (Fsp3) is 0.167. The van der Waals surface area contributed by atoms with Gasteiger partial charge in [0.25, 0.3) is 11.1 Å². The van der Waals surface area contributed by atoms with Crippen LogP contribution < -0.4 is 5.43 Å². The number of aryl methyl sites for hydroxylation is 1. The number of hydrogen-bond acceptors (Lipinski definition) is 10. The number of carbonyl (C=O) groups excluding carboxylic acids is 1. The minimum atomic E-state index is -3.75. The van der Waals surface area contributed by atoms with Gasteiger partial charge in [-0.3, -0.25) is 4.79 Å². The van der Waals surface area contributed by atoms with Crippen LogP contribution in [0.2, 0.25) is 0 Å². The summed E-state index contributed by atoms with van der Waals surface area (Å²) in [4.78, 5) is 22.5. The van der Waals surface area contributed by atoms with Gasteiger partial charge in [-0.25, -0.2) is 28.3 Å². The summed E-state index contributed by atoms with van der Waals surface area (Å²) < 4.78 is 40.4. The second kappa shape index (κ2) is 11.5. The zero-order valence-corrected chi connectivity index (χ0v) is 25.0. The lowest BCUT2D eigenvalue weighted by atomic mass is 10.2. The molecular formula is C30H25N7O5S2. The molecule has 7 rings (SSSR count). The number of nitrogens with one attached hydrogen (secondary N) is 1. The molecule has 3 aromatic heterocycles. The van der Waals surface area contributed by atoms with Gasteiger partial charge in [-0.2, -0.15) is 14.5 Å². The van der Waals surface area contributed by atoms with Gasteiger partial charge in [0.05, 0.1) is 41.1 Å². The molecule has 14 heteroatoms. The standard InChI is InChI=1S/C30H25N7O5S2/c1-19-23(18-31-34-28(38)20-7-6-8-21(17-20)44(39,40)36-13-15-41-16-14-36)27-33-29(22-9-2-4-11-25(22)37(27)35-19)43-30-32-24-10-3-5-12-26(24)42-30/h2-12,17-18H,13-16H2,1H3,(H,34,38). The average molecular weight is 628 g/mol. The molecule has 44 heavy (non-hydrogen) atoms. The monoisotopic (exact) mass is 627 g/mol. The SMILES string of the molecule is Cc1nn2c(nc(Sc3nc4ccccc4o3)c3ccccc32)c1C=NNC(=O)c1cccc(S(=O)(=O)N2CCOCC2)c1. The molecule has 1 N–H and O–H groups in total. The highest BCUT2D eigenvalue weighted by Crippen LogP contribution is 2.34. The molecular weight excluding hydrogens is 603 g/mol. The van der Waals surface area contributed by atoms with E-state index in [1.54, 1.807) is 4.52 Å². The minimum absolute atomic E-state index is 0.0366. The van der Waals surface area contributed by atoms with E-state index in [9.17, 15) is 13.2 Å². The third-order valence-electron chi connectivity index (χ3n) is 7.17. The van der Waals surface area contributed by atoms with Crippen LogP contribution in [-0.2, 0) is 14.8 Å². The van der Waals surface area contributed by atoms with Gasteiger partial charge >= 0.3 is 0 Å². The Morgan fingerprint density at radius 2 is 1.82 bits per heavy atom. The molecule has 1 saturated heterocycles. The number of hydrazone groups is 1. The molecule has 0 radical (unpaired) electrons. The highest BCUT2D eigenvalue weighted by atomic mass is 32.2. The molecule has 1 aliphatic heterocycles. The first-order chi connectivity index (χ1) is 21.4. The lowest BCUT2D eigenvalue weighted by Crippen LogP contribution is -2.40. The summed E-state index contributed by atoms with van der Waals surface area (Å²) >= 11 is 1.31. The Balaban J connectivity index is 1.17. The van der Waals surface area contributed by atoms with Crippen LogP contribution in [-0.4, -0.2) is 70.7 Å². The summed E-state index contributed by atoms with van der Waals surface area (Å²) in [6.45, 7) is 3.03. The number of rotatable bonds is 7. The van der Waals surface area contributed by atoms with Crippen molar-refractivity contribution in [2.45, 2.75) is 22.1 Å². The molecule has 0 saturated carbocycles. The van der Waals surface area contributed by atoms with Crippen molar-refractivity contribution >= 4 is 61.6 Å². The molecule has 0 unspecified atom stereocenters. The predicted octanol–water partition coefficient (Wildman–Crippen LogP) is 4.27. The van der Waals surface area contributed by atoms with E-state index in [4.69, 9.17) is 14.1 Å². The van der Waals surface area contributed by atoms with Gasteiger partial charge in [-0.15, -0.1) is 0 Å². The topological polar surface area (TPSA) is 144 Å². The number of ether oxygens (including phenoxy) is 1. The highest BCUT2D eigenvalue weighted by Gasteiger charge is 2.27. The number of oxazole rings is 1. The number of sulfonamides is 1. The van der Waals surface area contributed by atoms with Crippen LogP contribution in [0.4, 0.5) is 0 Å². The van der Waals surface area contributed by atoms with Gasteiger partial charge in [0.2, 0.25) is 10.0 Å². The second-order valence-electron chi connectivity index (χ2n) is 9.96. The van der Waals surface area contributed by atoms with E-state index in [1.165, 1.54) is 46.5 Å². The molecule has 0 aliphatic carbocycles. The normalized spacial score (nSPS) is 14.7. The number of aromatic nitrogens is 4. The summed E-state index contributed by atoms with van der Waals surface area (Å²) in [5.41, 5.74) is 6.75. The molecule has 0 spiro atoms. The lowest BCUT2D eigenvalue weighted by molar-refractivity contribution is 0.0730. The number of amides is 1. The molecule has 3 aromatic carbocycles. The van der Waals surface area contributed by atoms with Crippen molar-refractivity contribution in [2.75, 3.05) is 26.3 Å². The predicted molar refractivity (Wildman–Crippen MR) is 164 cm³/mol. The molecule has 1 amide bonds. The van der Waals surface area contributed by atoms with E-state index in [0.29, 0.717) is 46.0 Å². The molecule has 0 bridgehead atoms. The van der Waals surface area contributed by atoms with Crippen LogP contribution in [0, 0.1) is 6.92 Å². The van der Waals surface area contributed by atoms with Crippen LogP contribution in [0.1, 0.15) is 21.6 Å². The Morgan fingerprint density at radius 3 is 2.66 bits per heavy atom. The number of para-hydroxylation sites is 3. The summed E-state index contributed by atoms with van der Waals surface area (Å²) in [5.74, 6) is -0.556. The maximum Gasteiger partial charge on any atom is 0.271 e. The molecule has 1 fully saturated rings. The van der Waals surface area contributed by atoms with Crippen LogP contribution >= 0.6 is 11.8 Å². The number of nitrogens with zero attached hydrogens (tertiary/aromatic N) is 6. The van der Waals surface area contributed by atoms with Crippen molar-refractivity contribution in [3.63, 3.8) is 0 Å². The summed E-state index contributed by atoms with van der Waals surface area (Å²) in [7, 11) is -3.75. The maximum atomic E-state index is 13.1. The van der Waals surface area contributed by atoms with E-state index < -0.39 is 15.9 Å². The number of hydrogen-bond donors (Lipinski definition) is 1. The molecule has 1 aliphatic rings. The van der Waals surface area contributed by atoms with Gasteiger partial charge in [0.1, 0.15) is 10.5 Å². The largest absolute Gasteiger partial charge is 0.431 e. The lowest BCUT2D eigenvalue weighted by Gasteiger charge is -2.26. The molecule has 12 nitrogen and oxygen atoms in total. The highest BCUT2D eigenvalue weighted by molar-refractivity contribution is 7.99. The van der Waals surface area contributed by atoms with E-state index >= 15 is 0 Å². The minimum Gasteiger partial charge on any atom is -0.431 e. The summed E-state index contributed by atoms with van der Waals surface area (Å²) in [6.07, 6.45) is 1.49. The van der Waals surface area contributed by atoms with E-state index in [0.717, 1.165) is 16.4 Å². The van der Waals surface area contributed by atoms with Crippen molar-refractivity contribution in [3.05, 3.63) is 89.6 Å². The van der Waals surface area contributed by atoms with Crippen molar-refractivity contribution in [3.8, 4) is 0 Å². The second-order valence-corrected chi connectivity index (χ2v) is 12.8. The Kier molecular flexibility index (Phi) is 7.34. The fourth-order valence-corrected chi connectivity index (χ4v) is 7.27. The Bertz CT molecular complexity index is 2150. The number of benzene rings is 3. The van der Waals surface area contributed by atoms with Gasteiger partial charge in [-0.05, 0) is 55.1 Å². The molecule has 0 atom stereocenters. The Morgan fingerprint density at radius 1 is 1.02 bits per heavy atom. The zero-order chi connectivity index (χ0) is 30.3. The van der Waals surface area contributed by atoms with Crippen molar-refractivity contribution in [2.24, 2.45) is 5.10 Å². The Hall–Kier alpha value is -4.63. The maximum absolute atomic E-state index is 13.1. The van der Waals surface area contributed by atoms with Crippen LogP contribution in [0.25, 0.3) is 27.6 Å². The number of fused-ring (bicyclic) bond motifs is 4. The van der Waals surface area contributed by atoms with E-state index in [-0.39, 0.29) is 23.5 Å². The molecule has 222 valence electrons. The third-order valence-corrected chi connectivity index (χ3v) is 9.92. The van der Waals surface area contributed by atoms with Crippen LogP contribution in [0.5, 0.6) is 0 Å². The first-order valence-electron chi connectivity index (χ1n) is 13.7. The molecule has 6 aromatic rings. The zero-order valence-electron chi connectivity index (χ0n) is 23.4. The first-order valence-corrected chi connectivity index (χ1v) is 16.0. The first kappa shape index (κ1) is 28.2. The van der Waals surface area contributed by atoms with E-state index in [1.807, 2.05) is 55.5 Å². The third kappa shape index (κ3) is 5.21. The number of morpholine rings is 1. The van der Waals surface area contributed by atoms with Gasteiger partial charge in [-0.1, -0.05) is 36.4 Å². The van der Waals surface area contributed by atoms with Crippen molar-refractivity contribution in [1.29, 1.82) is 0 Å². The number of carbonyl (C=O) groups is 1.